The zero-order valence-electron chi connectivity index (χ0n) is 10.3. The first-order valence-electron chi connectivity index (χ1n) is 5.87. The number of aromatic nitrogens is 1. The van der Waals surface area contributed by atoms with Crippen molar-refractivity contribution in [3.63, 3.8) is 0 Å². The van der Waals surface area contributed by atoms with Crippen LogP contribution in [-0.2, 0) is 4.79 Å². The molecule has 0 aromatic carbocycles. The van der Waals surface area contributed by atoms with Crippen molar-refractivity contribution in [1.29, 1.82) is 0 Å². The summed E-state index contributed by atoms with van der Waals surface area (Å²) in [5.41, 5.74) is 0.808. The van der Waals surface area contributed by atoms with Gasteiger partial charge in [0.2, 0.25) is 5.91 Å². The third-order valence-corrected chi connectivity index (χ3v) is 2.65. The molecule has 1 aromatic heterocycles. The van der Waals surface area contributed by atoms with Gasteiger partial charge >= 0.3 is 0 Å². The molecule has 0 aliphatic carbocycles. The van der Waals surface area contributed by atoms with Crippen LogP contribution in [-0.4, -0.2) is 28.6 Å². The Hall–Kier alpha value is -1.39. The zero-order valence-corrected chi connectivity index (χ0v) is 11.0. The highest BCUT2D eigenvalue weighted by Gasteiger charge is 2.01. The van der Waals surface area contributed by atoms with E-state index in [-0.39, 0.29) is 12.0 Å². The molecule has 5 heteroatoms. The fourth-order valence-corrected chi connectivity index (χ4v) is 1.39. The maximum atomic E-state index is 11.4. The predicted molar refractivity (Wildman–Crippen MR) is 72.2 cm³/mol. The van der Waals surface area contributed by atoms with Gasteiger partial charge in [0.1, 0.15) is 5.15 Å². The molecule has 1 aromatic rings. The number of amides is 1. The molecule has 1 heterocycles. The van der Waals surface area contributed by atoms with Gasteiger partial charge in [-0.25, -0.2) is 4.98 Å². The van der Waals surface area contributed by atoms with Crippen molar-refractivity contribution in [2.45, 2.75) is 25.9 Å². The highest BCUT2D eigenvalue weighted by Crippen LogP contribution is 2.06. The molecule has 0 radical (unpaired) electrons. The highest BCUT2D eigenvalue weighted by atomic mass is 35.5. The van der Waals surface area contributed by atoms with E-state index in [1.165, 1.54) is 6.08 Å². The van der Waals surface area contributed by atoms with E-state index in [0.717, 1.165) is 5.56 Å². The summed E-state index contributed by atoms with van der Waals surface area (Å²) in [5.74, 6) is -0.187. The van der Waals surface area contributed by atoms with Crippen LogP contribution in [0.3, 0.4) is 0 Å². The summed E-state index contributed by atoms with van der Waals surface area (Å²) in [6.07, 6.45) is 5.60. The van der Waals surface area contributed by atoms with Crippen LogP contribution in [0.5, 0.6) is 0 Å². The van der Waals surface area contributed by atoms with Crippen molar-refractivity contribution in [3.05, 3.63) is 35.1 Å². The van der Waals surface area contributed by atoms with Crippen LogP contribution in [0.25, 0.3) is 6.08 Å². The molecule has 2 N–H and O–H groups in total. The van der Waals surface area contributed by atoms with Gasteiger partial charge in [-0.15, -0.1) is 0 Å². The Morgan fingerprint density at radius 3 is 3.00 bits per heavy atom. The molecular formula is C13H17ClN2O2. The first-order valence-corrected chi connectivity index (χ1v) is 6.25. The number of carbonyl (C=O) groups excluding carboxylic acids is 1. The molecule has 98 valence electrons. The number of aliphatic hydroxyl groups is 1. The lowest BCUT2D eigenvalue weighted by Gasteiger charge is -2.07. The average molecular weight is 269 g/mol. The molecule has 0 fully saturated rings. The standard InChI is InChI=1S/C13H17ClN2O2/c1-2-11(17)7-8-15-13(18)6-4-10-3-5-12(14)16-9-10/h3-6,9,11,17H,2,7-8H2,1H3,(H,15,18)/b6-4+. The van der Waals surface area contributed by atoms with Crippen molar-refractivity contribution in [1.82, 2.24) is 10.3 Å². The van der Waals surface area contributed by atoms with Crippen LogP contribution in [0, 0.1) is 0 Å². The van der Waals surface area contributed by atoms with Gasteiger partial charge < -0.3 is 10.4 Å². The molecule has 4 nitrogen and oxygen atoms in total. The molecule has 0 saturated carbocycles. The average Bonchev–Trinajstić information content (AvgIpc) is 2.38. The second-order valence-electron chi connectivity index (χ2n) is 3.89. The summed E-state index contributed by atoms with van der Waals surface area (Å²) in [6.45, 7) is 2.37. The van der Waals surface area contributed by atoms with Crippen LogP contribution in [0.4, 0.5) is 0 Å². The minimum atomic E-state index is -0.352. The number of carbonyl (C=O) groups is 1. The van der Waals surface area contributed by atoms with E-state index in [1.54, 1.807) is 24.4 Å². The van der Waals surface area contributed by atoms with Crippen molar-refractivity contribution >= 4 is 23.6 Å². The highest BCUT2D eigenvalue weighted by molar-refractivity contribution is 6.29. The van der Waals surface area contributed by atoms with E-state index >= 15 is 0 Å². The summed E-state index contributed by atoms with van der Waals surface area (Å²) in [4.78, 5) is 15.3. The van der Waals surface area contributed by atoms with Crippen LogP contribution >= 0.6 is 11.6 Å². The summed E-state index contributed by atoms with van der Waals surface area (Å²) in [6, 6.07) is 3.44. The summed E-state index contributed by atoms with van der Waals surface area (Å²) < 4.78 is 0. The predicted octanol–water partition coefficient (Wildman–Crippen LogP) is 2.03. The lowest BCUT2D eigenvalue weighted by Crippen LogP contribution is -2.25. The van der Waals surface area contributed by atoms with Crippen molar-refractivity contribution < 1.29 is 9.90 Å². The molecule has 1 unspecified atom stereocenters. The van der Waals surface area contributed by atoms with Gasteiger partial charge in [-0.1, -0.05) is 24.6 Å². The van der Waals surface area contributed by atoms with Gasteiger partial charge in [-0.3, -0.25) is 4.79 Å². The Morgan fingerprint density at radius 1 is 1.61 bits per heavy atom. The van der Waals surface area contributed by atoms with Gasteiger partial charge in [0.05, 0.1) is 6.10 Å². The SMILES string of the molecule is CCC(O)CCNC(=O)/C=C/c1ccc(Cl)nc1. The zero-order chi connectivity index (χ0) is 13.4. The van der Waals surface area contributed by atoms with Crippen molar-refractivity contribution in [2.75, 3.05) is 6.54 Å². The minimum absolute atomic E-state index is 0.187. The first kappa shape index (κ1) is 14.7. The van der Waals surface area contributed by atoms with Gasteiger partial charge in [0.15, 0.2) is 0 Å². The van der Waals surface area contributed by atoms with Crippen LogP contribution in [0.2, 0.25) is 5.15 Å². The maximum Gasteiger partial charge on any atom is 0.244 e. The Bertz CT molecular complexity index is 404. The molecule has 18 heavy (non-hydrogen) atoms. The fraction of sp³-hybridized carbons (Fsp3) is 0.385. The van der Waals surface area contributed by atoms with Gasteiger partial charge in [-0.2, -0.15) is 0 Å². The van der Waals surface area contributed by atoms with E-state index in [1.807, 2.05) is 6.92 Å². The molecule has 0 saturated heterocycles. The number of nitrogens with zero attached hydrogens (tertiary/aromatic N) is 1. The number of aliphatic hydroxyl groups excluding tert-OH is 1. The monoisotopic (exact) mass is 268 g/mol. The molecule has 1 atom stereocenters. The molecular weight excluding hydrogens is 252 g/mol. The van der Waals surface area contributed by atoms with E-state index in [4.69, 9.17) is 11.6 Å². The Kier molecular flexibility index (Phi) is 6.39. The van der Waals surface area contributed by atoms with Crippen LogP contribution in [0.15, 0.2) is 24.4 Å². The molecule has 0 spiro atoms. The largest absolute Gasteiger partial charge is 0.393 e. The molecule has 0 aliphatic heterocycles. The smallest absolute Gasteiger partial charge is 0.244 e. The van der Waals surface area contributed by atoms with Crippen LogP contribution < -0.4 is 5.32 Å². The van der Waals surface area contributed by atoms with E-state index in [0.29, 0.717) is 24.5 Å². The second-order valence-corrected chi connectivity index (χ2v) is 4.28. The normalized spacial score (nSPS) is 12.6. The van der Waals surface area contributed by atoms with Gasteiger partial charge in [0.25, 0.3) is 0 Å². The van der Waals surface area contributed by atoms with Crippen molar-refractivity contribution in [2.24, 2.45) is 0 Å². The lowest BCUT2D eigenvalue weighted by atomic mass is 10.2. The third kappa shape index (κ3) is 5.80. The first-order chi connectivity index (χ1) is 8.61. The lowest BCUT2D eigenvalue weighted by molar-refractivity contribution is -0.116. The van der Waals surface area contributed by atoms with Gasteiger partial charge in [-0.05, 0) is 30.5 Å². The third-order valence-electron chi connectivity index (χ3n) is 2.43. The summed E-state index contributed by atoms with van der Waals surface area (Å²) in [5, 5.41) is 12.4. The summed E-state index contributed by atoms with van der Waals surface area (Å²) >= 11 is 5.65. The number of hydrogen-bond acceptors (Lipinski definition) is 3. The minimum Gasteiger partial charge on any atom is -0.393 e. The van der Waals surface area contributed by atoms with Gasteiger partial charge in [0, 0.05) is 18.8 Å². The van der Waals surface area contributed by atoms with E-state index in [9.17, 15) is 9.90 Å². The summed E-state index contributed by atoms with van der Waals surface area (Å²) in [7, 11) is 0. The van der Waals surface area contributed by atoms with Crippen molar-refractivity contribution in [3.8, 4) is 0 Å². The van der Waals surface area contributed by atoms with E-state index in [2.05, 4.69) is 10.3 Å². The Labute approximate surface area is 112 Å². The molecule has 0 bridgehead atoms. The second kappa shape index (κ2) is 7.84. The Balaban J connectivity index is 2.33. The molecule has 1 rings (SSSR count). The molecule has 0 aliphatic rings. The number of rotatable bonds is 6. The Morgan fingerprint density at radius 2 is 2.39 bits per heavy atom. The number of pyridine rings is 1. The number of hydrogen-bond donors (Lipinski definition) is 2. The quantitative estimate of drug-likeness (QED) is 0.613. The number of halogens is 1. The maximum absolute atomic E-state index is 11.4. The number of nitrogens with one attached hydrogen (secondary N) is 1. The van der Waals surface area contributed by atoms with E-state index < -0.39 is 0 Å². The topological polar surface area (TPSA) is 62.2 Å². The fourth-order valence-electron chi connectivity index (χ4n) is 1.28. The molecule has 1 amide bonds. The van der Waals surface area contributed by atoms with Crippen LogP contribution in [0.1, 0.15) is 25.3 Å².